The first kappa shape index (κ1) is 18.2. The number of fused-ring (bicyclic) bond motifs is 1. The van der Waals surface area contributed by atoms with Crippen molar-refractivity contribution in [3.8, 4) is 0 Å². The molecule has 2 heterocycles. The summed E-state index contributed by atoms with van der Waals surface area (Å²) in [7, 11) is 0. The fourth-order valence-electron chi connectivity index (χ4n) is 3.35. The van der Waals surface area contributed by atoms with Crippen molar-refractivity contribution in [2.75, 3.05) is 32.8 Å². The van der Waals surface area contributed by atoms with Crippen LogP contribution in [0.25, 0.3) is 10.9 Å². The van der Waals surface area contributed by atoms with Gasteiger partial charge in [-0.15, -0.1) is 0 Å². The van der Waals surface area contributed by atoms with Gasteiger partial charge < -0.3 is 5.73 Å². The van der Waals surface area contributed by atoms with Crippen LogP contribution >= 0.6 is 0 Å². The highest BCUT2D eigenvalue weighted by molar-refractivity contribution is 5.82. The van der Waals surface area contributed by atoms with Crippen LogP contribution in [0, 0.1) is 0 Å². The van der Waals surface area contributed by atoms with Crippen molar-refractivity contribution in [1.82, 2.24) is 14.8 Å². The highest BCUT2D eigenvalue weighted by Crippen LogP contribution is 2.27. The van der Waals surface area contributed by atoms with E-state index >= 15 is 0 Å². The molecule has 2 aromatic rings. The van der Waals surface area contributed by atoms with Crippen LogP contribution in [0.15, 0.2) is 58.4 Å². The predicted molar refractivity (Wildman–Crippen MR) is 108 cm³/mol. The van der Waals surface area contributed by atoms with Crippen LogP contribution in [0.3, 0.4) is 0 Å². The Hall–Kier alpha value is -2.57. The average Bonchev–Trinajstić information content (AvgIpc) is 2.68. The Balaban J connectivity index is 1.59. The Labute approximate surface area is 154 Å². The highest BCUT2D eigenvalue weighted by Gasteiger charge is 2.23. The van der Waals surface area contributed by atoms with Crippen LogP contribution in [0.4, 0.5) is 0 Å². The summed E-state index contributed by atoms with van der Waals surface area (Å²) in [6, 6.07) is 10.9. The largest absolute Gasteiger partial charge is 0.396 e. The number of pyridine rings is 1. The van der Waals surface area contributed by atoms with Crippen molar-refractivity contribution in [2.45, 2.75) is 13.0 Å². The molecule has 1 fully saturated rings. The second kappa shape index (κ2) is 8.69. The van der Waals surface area contributed by atoms with E-state index in [1.54, 1.807) is 6.21 Å². The van der Waals surface area contributed by atoms with Crippen LogP contribution < -0.4 is 5.73 Å². The molecule has 1 aliphatic rings. The van der Waals surface area contributed by atoms with Crippen LogP contribution in [0.2, 0.25) is 0 Å². The molecule has 1 saturated heterocycles. The highest BCUT2D eigenvalue weighted by atomic mass is 15.3. The molecule has 26 heavy (non-hydrogen) atoms. The molecule has 1 aromatic heterocycles. The number of rotatable bonds is 6. The van der Waals surface area contributed by atoms with Crippen LogP contribution in [0.5, 0.6) is 0 Å². The summed E-state index contributed by atoms with van der Waals surface area (Å²) in [6.07, 6.45) is 5.02. The van der Waals surface area contributed by atoms with Gasteiger partial charge in [-0.25, -0.2) is 0 Å². The quantitative estimate of drug-likeness (QED) is 0.813. The first-order chi connectivity index (χ1) is 12.7. The van der Waals surface area contributed by atoms with Gasteiger partial charge in [-0.2, -0.15) is 0 Å². The molecule has 2 N–H and O–H groups in total. The number of allylic oxidation sites excluding steroid dienone is 1. The average molecular weight is 350 g/mol. The van der Waals surface area contributed by atoms with Crippen LogP contribution in [-0.2, 0) is 0 Å². The maximum atomic E-state index is 5.72. The zero-order chi connectivity index (χ0) is 18.4. The van der Waals surface area contributed by atoms with E-state index in [4.69, 9.17) is 5.73 Å². The van der Waals surface area contributed by atoms with Gasteiger partial charge in [0.05, 0.1) is 24.1 Å². The molecule has 1 aliphatic heterocycles. The molecule has 0 aliphatic carbocycles. The number of nitrogens with zero attached hydrogens (tertiary/aromatic N) is 5. The minimum atomic E-state index is 0.344. The molecule has 6 nitrogen and oxygen atoms in total. The number of aromatic nitrogens is 1. The smallest absolute Gasteiger partial charge is 0.0911 e. The molecule has 1 unspecified atom stereocenters. The summed E-state index contributed by atoms with van der Waals surface area (Å²) in [6.45, 7) is 10.3. The van der Waals surface area contributed by atoms with Crippen LogP contribution in [0.1, 0.15) is 18.5 Å². The van der Waals surface area contributed by atoms with Crippen molar-refractivity contribution in [3.63, 3.8) is 0 Å². The minimum Gasteiger partial charge on any atom is -0.396 e. The first-order valence-electron chi connectivity index (χ1n) is 8.90. The number of nitrogens with two attached hydrogens (primary N) is 1. The van der Waals surface area contributed by atoms with E-state index in [1.165, 1.54) is 17.1 Å². The molecular formula is C20H26N6. The van der Waals surface area contributed by atoms with E-state index in [-0.39, 0.29) is 0 Å². The predicted octanol–water partition coefficient (Wildman–Crippen LogP) is 2.44. The lowest BCUT2D eigenvalue weighted by Crippen LogP contribution is -2.47. The maximum absolute atomic E-state index is 5.72. The molecule has 0 amide bonds. The number of hydrogen-bond donors (Lipinski definition) is 1. The molecule has 1 atom stereocenters. The van der Waals surface area contributed by atoms with E-state index in [0.29, 0.717) is 18.4 Å². The lowest BCUT2D eigenvalue weighted by molar-refractivity contribution is 0.105. The summed E-state index contributed by atoms with van der Waals surface area (Å²) in [5.41, 5.74) is 8.64. The summed E-state index contributed by atoms with van der Waals surface area (Å²) < 4.78 is 0. The van der Waals surface area contributed by atoms with Gasteiger partial charge in [0, 0.05) is 50.0 Å². The molecule has 0 radical (unpaired) electrons. The van der Waals surface area contributed by atoms with Crippen molar-refractivity contribution < 1.29 is 0 Å². The van der Waals surface area contributed by atoms with Gasteiger partial charge in [0.15, 0.2) is 0 Å². The molecule has 0 saturated carbocycles. The monoisotopic (exact) mass is 350 g/mol. The number of aliphatic imine (C=N–C) groups is 2. The third-order valence-corrected chi connectivity index (χ3v) is 4.83. The van der Waals surface area contributed by atoms with Gasteiger partial charge in [-0.05, 0) is 25.3 Å². The SMILES string of the molecule is C=N/C=C(N)\C=N/CN1CCN(C(C)c2cccc3cccnc23)CC1. The summed E-state index contributed by atoms with van der Waals surface area (Å²) in [5.74, 6) is 0. The van der Waals surface area contributed by atoms with Crippen LogP contribution in [-0.4, -0.2) is 60.6 Å². The van der Waals surface area contributed by atoms with Gasteiger partial charge in [0.1, 0.15) is 0 Å². The second-order valence-corrected chi connectivity index (χ2v) is 6.52. The molecule has 0 bridgehead atoms. The molecule has 136 valence electrons. The Morgan fingerprint density at radius 2 is 2.04 bits per heavy atom. The summed E-state index contributed by atoms with van der Waals surface area (Å²) >= 11 is 0. The number of hydrogen-bond acceptors (Lipinski definition) is 6. The maximum Gasteiger partial charge on any atom is 0.0911 e. The molecule has 0 spiro atoms. The zero-order valence-corrected chi connectivity index (χ0v) is 15.3. The molecular weight excluding hydrogens is 324 g/mol. The minimum absolute atomic E-state index is 0.344. The Kier molecular flexibility index (Phi) is 6.09. The van der Waals surface area contributed by atoms with E-state index in [0.717, 1.165) is 31.7 Å². The third-order valence-electron chi connectivity index (χ3n) is 4.83. The molecule has 1 aromatic carbocycles. The van der Waals surface area contributed by atoms with E-state index in [2.05, 4.69) is 62.7 Å². The number of piperazine rings is 1. The van der Waals surface area contributed by atoms with Gasteiger partial charge in [-0.1, -0.05) is 24.3 Å². The first-order valence-corrected chi connectivity index (χ1v) is 8.90. The van der Waals surface area contributed by atoms with Crippen molar-refractivity contribution in [1.29, 1.82) is 0 Å². The lowest BCUT2D eigenvalue weighted by atomic mass is 10.0. The fraction of sp³-hybridized carbons (Fsp3) is 0.350. The molecule has 6 heteroatoms. The van der Waals surface area contributed by atoms with E-state index < -0.39 is 0 Å². The van der Waals surface area contributed by atoms with Gasteiger partial charge in [-0.3, -0.25) is 24.8 Å². The van der Waals surface area contributed by atoms with Gasteiger partial charge in [0.2, 0.25) is 0 Å². The topological polar surface area (TPSA) is 70.1 Å². The van der Waals surface area contributed by atoms with Crippen molar-refractivity contribution in [2.24, 2.45) is 15.7 Å². The van der Waals surface area contributed by atoms with E-state index in [9.17, 15) is 0 Å². The van der Waals surface area contributed by atoms with Gasteiger partial charge >= 0.3 is 0 Å². The lowest BCUT2D eigenvalue weighted by Gasteiger charge is -2.37. The second-order valence-electron chi connectivity index (χ2n) is 6.52. The number of benzene rings is 1. The van der Waals surface area contributed by atoms with Crippen molar-refractivity contribution >= 4 is 23.8 Å². The Bertz CT molecular complexity index is 800. The summed E-state index contributed by atoms with van der Waals surface area (Å²) in [5, 5.41) is 1.20. The third kappa shape index (κ3) is 4.33. The van der Waals surface area contributed by atoms with Crippen molar-refractivity contribution in [3.05, 3.63) is 54.0 Å². The molecule has 3 rings (SSSR count). The normalized spacial score (nSPS) is 18.4. The number of para-hydroxylation sites is 1. The Morgan fingerprint density at radius 3 is 2.81 bits per heavy atom. The fourth-order valence-corrected chi connectivity index (χ4v) is 3.35. The summed E-state index contributed by atoms with van der Waals surface area (Å²) in [4.78, 5) is 17.4. The Morgan fingerprint density at radius 1 is 1.27 bits per heavy atom. The standard InChI is InChI=1S/C20H26N6/c1-16(19-7-3-5-17-6-4-8-24-20(17)19)26-11-9-25(10-12-26)15-23-14-18(21)13-22-2/h3-8,13-14,16H,2,9-12,15,21H2,1H3/b18-13+,23-14-. The zero-order valence-electron chi connectivity index (χ0n) is 15.3. The van der Waals surface area contributed by atoms with E-state index in [1.807, 2.05) is 12.3 Å². The van der Waals surface area contributed by atoms with Gasteiger partial charge in [0.25, 0.3) is 0 Å².